The highest BCUT2D eigenvalue weighted by Crippen LogP contribution is 2.43. The molecule has 0 saturated heterocycles. The van der Waals surface area contributed by atoms with Gasteiger partial charge < -0.3 is 14.8 Å². The van der Waals surface area contributed by atoms with Crippen LogP contribution in [0, 0.1) is 11.6 Å². The lowest BCUT2D eigenvalue weighted by molar-refractivity contribution is 0.00651. The molecule has 1 aromatic rings. The maximum absolute atomic E-state index is 13.5. The van der Waals surface area contributed by atoms with Crippen LogP contribution in [-0.4, -0.2) is 18.9 Å². The Hall–Kier alpha value is -1.36. The Labute approximate surface area is 105 Å². The Bertz CT molecular complexity index is 445. The molecule has 1 aliphatic carbocycles. The fourth-order valence-corrected chi connectivity index (χ4v) is 1.91. The van der Waals surface area contributed by atoms with Crippen LogP contribution in [0.15, 0.2) is 12.1 Å². The fraction of sp³-hybridized carbons (Fsp3) is 0.538. The Kier molecular flexibility index (Phi) is 3.43. The van der Waals surface area contributed by atoms with E-state index in [1.54, 1.807) is 0 Å². The molecule has 2 rings (SSSR count). The Morgan fingerprint density at radius 1 is 1.28 bits per heavy atom. The maximum atomic E-state index is 13.5. The second kappa shape index (κ2) is 4.72. The average molecular weight is 257 g/mol. The van der Waals surface area contributed by atoms with Crippen LogP contribution in [-0.2, 0) is 4.74 Å². The number of rotatable bonds is 5. The first kappa shape index (κ1) is 13.1. The largest absolute Gasteiger partial charge is 0.491 e. The van der Waals surface area contributed by atoms with Gasteiger partial charge in [-0.3, -0.25) is 0 Å². The van der Waals surface area contributed by atoms with Crippen LogP contribution in [0.4, 0.5) is 14.5 Å². The van der Waals surface area contributed by atoms with Gasteiger partial charge in [-0.15, -0.1) is 0 Å². The van der Waals surface area contributed by atoms with Gasteiger partial charge in [0.05, 0.1) is 18.9 Å². The van der Waals surface area contributed by atoms with Crippen molar-refractivity contribution in [1.29, 1.82) is 0 Å². The smallest absolute Gasteiger partial charge is 0.202 e. The van der Waals surface area contributed by atoms with Gasteiger partial charge in [-0.05, 0) is 38.8 Å². The van der Waals surface area contributed by atoms with Crippen LogP contribution in [0.1, 0.15) is 26.7 Å². The molecule has 0 spiro atoms. The van der Waals surface area contributed by atoms with Crippen LogP contribution in [0.2, 0.25) is 0 Å². The first-order valence-corrected chi connectivity index (χ1v) is 5.95. The highest BCUT2D eigenvalue weighted by molar-refractivity contribution is 5.59. The number of methoxy groups -OCH3 is 1. The van der Waals surface area contributed by atoms with Crippen molar-refractivity contribution < 1.29 is 18.3 Å². The van der Waals surface area contributed by atoms with E-state index < -0.39 is 17.4 Å². The van der Waals surface area contributed by atoms with Crippen LogP contribution >= 0.6 is 0 Å². The summed E-state index contributed by atoms with van der Waals surface area (Å²) >= 11 is 0. The molecule has 1 aromatic carbocycles. The zero-order valence-electron chi connectivity index (χ0n) is 10.7. The lowest BCUT2D eigenvalue weighted by atomic mass is 10.2. The molecule has 3 nitrogen and oxygen atoms in total. The Morgan fingerprint density at radius 3 is 2.44 bits per heavy atom. The van der Waals surface area contributed by atoms with Gasteiger partial charge in [-0.1, -0.05) is 0 Å². The van der Waals surface area contributed by atoms with Crippen LogP contribution < -0.4 is 10.1 Å². The summed E-state index contributed by atoms with van der Waals surface area (Å²) in [5.41, 5.74) is -0.0549. The average Bonchev–Trinajstić information content (AvgIpc) is 3.03. The third kappa shape index (κ3) is 2.56. The SMILES string of the molecule is COc1c(NC2(OC(C)C)CC2)ccc(F)c1F. The van der Waals surface area contributed by atoms with Crippen molar-refractivity contribution in [1.82, 2.24) is 0 Å². The van der Waals surface area contributed by atoms with E-state index in [9.17, 15) is 8.78 Å². The monoisotopic (exact) mass is 257 g/mol. The van der Waals surface area contributed by atoms with Crippen LogP contribution in [0.5, 0.6) is 5.75 Å². The number of benzene rings is 1. The van der Waals surface area contributed by atoms with E-state index in [1.807, 2.05) is 13.8 Å². The molecule has 0 amide bonds. The second-order valence-electron chi connectivity index (χ2n) is 4.73. The van der Waals surface area contributed by atoms with Crippen LogP contribution in [0.3, 0.4) is 0 Å². The molecular weight excluding hydrogens is 240 g/mol. The Morgan fingerprint density at radius 2 is 1.94 bits per heavy atom. The number of halogens is 2. The molecular formula is C13H17F2NO2. The number of hydrogen-bond donors (Lipinski definition) is 1. The van der Waals surface area contributed by atoms with Crippen molar-refractivity contribution in [2.75, 3.05) is 12.4 Å². The topological polar surface area (TPSA) is 30.5 Å². The van der Waals surface area contributed by atoms with Crippen LogP contribution in [0.25, 0.3) is 0 Å². The van der Waals surface area contributed by atoms with Gasteiger partial charge in [0.2, 0.25) is 5.82 Å². The first-order valence-electron chi connectivity index (χ1n) is 5.95. The van der Waals surface area contributed by atoms with Gasteiger partial charge in [-0.25, -0.2) is 4.39 Å². The van der Waals surface area contributed by atoms with Gasteiger partial charge in [0.1, 0.15) is 5.72 Å². The number of anilines is 1. The molecule has 0 bridgehead atoms. The number of ether oxygens (including phenoxy) is 2. The molecule has 100 valence electrons. The molecule has 18 heavy (non-hydrogen) atoms. The molecule has 1 fully saturated rings. The summed E-state index contributed by atoms with van der Waals surface area (Å²) < 4.78 is 37.3. The van der Waals surface area contributed by atoms with E-state index in [2.05, 4.69) is 5.32 Å². The van der Waals surface area contributed by atoms with E-state index in [4.69, 9.17) is 9.47 Å². The zero-order valence-corrected chi connectivity index (χ0v) is 10.7. The van der Waals surface area contributed by atoms with Crippen molar-refractivity contribution in [3.05, 3.63) is 23.8 Å². The summed E-state index contributed by atoms with van der Waals surface area (Å²) in [5.74, 6) is -2.02. The zero-order chi connectivity index (χ0) is 13.3. The van der Waals surface area contributed by atoms with Gasteiger partial charge in [0, 0.05) is 0 Å². The normalized spacial score (nSPS) is 16.8. The second-order valence-corrected chi connectivity index (χ2v) is 4.73. The van der Waals surface area contributed by atoms with Crippen molar-refractivity contribution in [2.45, 2.75) is 38.5 Å². The minimum atomic E-state index is -0.983. The molecule has 5 heteroatoms. The van der Waals surface area contributed by atoms with E-state index in [0.29, 0.717) is 5.69 Å². The maximum Gasteiger partial charge on any atom is 0.202 e. The third-order valence-corrected chi connectivity index (χ3v) is 2.78. The van der Waals surface area contributed by atoms with Gasteiger partial charge in [0.25, 0.3) is 0 Å². The van der Waals surface area contributed by atoms with E-state index >= 15 is 0 Å². The molecule has 0 atom stereocenters. The summed E-state index contributed by atoms with van der Waals surface area (Å²) in [6, 6.07) is 2.53. The molecule has 0 radical (unpaired) electrons. The minimum Gasteiger partial charge on any atom is -0.491 e. The molecule has 0 aliphatic heterocycles. The molecule has 1 aliphatic rings. The summed E-state index contributed by atoms with van der Waals surface area (Å²) in [7, 11) is 1.31. The highest BCUT2D eigenvalue weighted by Gasteiger charge is 2.45. The fourth-order valence-electron chi connectivity index (χ4n) is 1.91. The highest BCUT2D eigenvalue weighted by atomic mass is 19.2. The van der Waals surface area contributed by atoms with Crippen molar-refractivity contribution in [3.63, 3.8) is 0 Å². The standard InChI is InChI=1S/C13H17F2NO2/c1-8(2)18-13(6-7-13)16-10-5-4-9(14)11(15)12(10)17-3/h4-5,8,16H,6-7H2,1-3H3. The minimum absolute atomic E-state index is 0.0660. The predicted octanol–water partition coefficient (Wildman–Crippen LogP) is 3.30. The summed E-state index contributed by atoms with van der Waals surface area (Å²) in [6.07, 6.45) is 1.75. The number of nitrogens with one attached hydrogen (secondary N) is 1. The summed E-state index contributed by atoms with van der Waals surface area (Å²) in [6.45, 7) is 3.87. The van der Waals surface area contributed by atoms with E-state index in [1.165, 1.54) is 13.2 Å². The molecule has 1 N–H and O–H groups in total. The Balaban J connectivity index is 2.22. The molecule has 0 heterocycles. The lowest BCUT2D eigenvalue weighted by Gasteiger charge is -2.23. The predicted molar refractivity (Wildman–Crippen MR) is 64.7 cm³/mol. The van der Waals surface area contributed by atoms with Crippen molar-refractivity contribution in [3.8, 4) is 5.75 Å². The van der Waals surface area contributed by atoms with Gasteiger partial charge >= 0.3 is 0 Å². The quantitative estimate of drug-likeness (QED) is 0.821. The summed E-state index contributed by atoms with van der Waals surface area (Å²) in [4.78, 5) is 0. The summed E-state index contributed by atoms with van der Waals surface area (Å²) in [5, 5.41) is 3.09. The van der Waals surface area contributed by atoms with Gasteiger partial charge in [0.15, 0.2) is 11.6 Å². The number of hydrogen-bond acceptors (Lipinski definition) is 3. The lowest BCUT2D eigenvalue weighted by Crippen LogP contribution is -2.28. The molecule has 1 saturated carbocycles. The first-order chi connectivity index (χ1) is 8.47. The third-order valence-electron chi connectivity index (χ3n) is 2.78. The molecule has 0 aromatic heterocycles. The van der Waals surface area contributed by atoms with E-state index in [-0.39, 0.29) is 11.9 Å². The van der Waals surface area contributed by atoms with Crippen molar-refractivity contribution >= 4 is 5.69 Å². The van der Waals surface area contributed by atoms with Gasteiger partial charge in [-0.2, -0.15) is 4.39 Å². The molecule has 0 unspecified atom stereocenters. The van der Waals surface area contributed by atoms with Crippen molar-refractivity contribution in [2.24, 2.45) is 0 Å². The van der Waals surface area contributed by atoms with E-state index in [0.717, 1.165) is 18.9 Å².